The minimum atomic E-state index is 0.0295. The molecule has 2 rings (SSSR count). The summed E-state index contributed by atoms with van der Waals surface area (Å²) in [4.78, 5) is 14.6. The number of hydrogen-bond acceptors (Lipinski definition) is 3. The summed E-state index contributed by atoms with van der Waals surface area (Å²) in [5, 5.41) is 5.00. The van der Waals surface area contributed by atoms with E-state index < -0.39 is 0 Å². The highest BCUT2D eigenvalue weighted by Crippen LogP contribution is 2.24. The van der Waals surface area contributed by atoms with Gasteiger partial charge in [-0.1, -0.05) is 6.07 Å². The lowest BCUT2D eigenvalue weighted by molar-refractivity contribution is 0.217. The molecule has 2 heterocycles. The predicted molar refractivity (Wildman–Crippen MR) is 60.8 cm³/mol. The van der Waals surface area contributed by atoms with Crippen molar-refractivity contribution >= 4 is 17.4 Å². The second-order valence-electron chi connectivity index (χ2n) is 3.61. The maximum atomic E-state index is 11.6. The smallest absolute Gasteiger partial charge is 0.318 e. The Hall–Kier alpha value is -1.07. The number of thiophene rings is 1. The zero-order chi connectivity index (χ0) is 10.7. The average molecular weight is 225 g/mol. The summed E-state index contributed by atoms with van der Waals surface area (Å²) < 4.78 is 0. The Morgan fingerprint density at radius 2 is 2.53 bits per heavy atom. The SMILES string of the molecule is NCCCN1CC(c2cccs2)NC1=O. The largest absolute Gasteiger partial charge is 0.330 e. The maximum Gasteiger partial charge on any atom is 0.318 e. The molecule has 4 nitrogen and oxygen atoms in total. The van der Waals surface area contributed by atoms with E-state index in [4.69, 9.17) is 5.73 Å². The molecule has 0 saturated carbocycles. The first-order valence-electron chi connectivity index (χ1n) is 5.10. The number of hydrogen-bond donors (Lipinski definition) is 2. The molecule has 0 aliphatic carbocycles. The first kappa shape index (κ1) is 10.4. The van der Waals surface area contributed by atoms with Gasteiger partial charge in [0.1, 0.15) is 0 Å². The molecule has 1 aromatic heterocycles. The van der Waals surface area contributed by atoms with Crippen LogP contribution in [-0.4, -0.2) is 30.6 Å². The lowest BCUT2D eigenvalue weighted by Gasteiger charge is -2.13. The van der Waals surface area contributed by atoms with Crippen LogP contribution in [-0.2, 0) is 0 Å². The number of nitrogens with two attached hydrogens (primary N) is 1. The molecule has 1 atom stereocenters. The van der Waals surface area contributed by atoms with Crippen molar-refractivity contribution < 1.29 is 4.79 Å². The van der Waals surface area contributed by atoms with Gasteiger partial charge in [0, 0.05) is 18.0 Å². The fourth-order valence-electron chi connectivity index (χ4n) is 1.71. The average Bonchev–Trinajstić information content (AvgIpc) is 2.83. The molecule has 0 bridgehead atoms. The van der Waals surface area contributed by atoms with Gasteiger partial charge >= 0.3 is 6.03 Å². The minimum absolute atomic E-state index is 0.0295. The monoisotopic (exact) mass is 225 g/mol. The Kier molecular flexibility index (Phi) is 3.23. The Morgan fingerprint density at radius 1 is 1.67 bits per heavy atom. The summed E-state index contributed by atoms with van der Waals surface area (Å²) in [7, 11) is 0. The Bertz CT molecular complexity index is 325. The quantitative estimate of drug-likeness (QED) is 0.808. The molecule has 0 radical (unpaired) electrons. The van der Waals surface area contributed by atoms with Gasteiger partial charge in [-0.3, -0.25) is 0 Å². The fraction of sp³-hybridized carbons (Fsp3) is 0.500. The van der Waals surface area contributed by atoms with Gasteiger partial charge in [-0.15, -0.1) is 11.3 Å². The molecular weight excluding hydrogens is 210 g/mol. The third-order valence-electron chi connectivity index (χ3n) is 2.51. The van der Waals surface area contributed by atoms with Gasteiger partial charge in [-0.25, -0.2) is 4.79 Å². The van der Waals surface area contributed by atoms with Crippen molar-refractivity contribution in [2.75, 3.05) is 19.6 Å². The number of carbonyl (C=O) groups is 1. The highest BCUT2D eigenvalue weighted by atomic mass is 32.1. The van der Waals surface area contributed by atoms with E-state index in [0.717, 1.165) is 19.5 Å². The van der Waals surface area contributed by atoms with E-state index in [0.29, 0.717) is 6.54 Å². The summed E-state index contributed by atoms with van der Waals surface area (Å²) in [5.41, 5.74) is 5.42. The minimum Gasteiger partial charge on any atom is -0.330 e. The molecule has 2 amide bonds. The van der Waals surface area contributed by atoms with Crippen LogP contribution in [0.3, 0.4) is 0 Å². The van der Waals surface area contributed by atoms with E-state index >= 15 is 0 Å². The molecular formula is C10H15N3OS. The van der Waals surface area contributed by atoms with Crippen molar-refractivity contribution in [2.24, 2.45) is 5.73 Å². The second kappa shape index (κ2) is 4.63. The molecule has 0 spiro atoms. The van der Waals surface area contributed by atoms with Crippen LogP contribution < -0.4 is 11.1 Å². The third kappa shape index (κ3) is 2.30. The van der Waals surface area contributed by atoms with Gasteiger partial charge in [0.2, 0.25) is 0 Å². The van der Waals surface area contributed by atoms with Crippen LogP contribution in [0.15, 0.2) is 17.5 Å². The van der Waals surface area contributed by atoms with Crippen LogP contribution in [0, 0.1) is 0 Å². The van der Waals surface area contributed by atoms with Gasteiger partial charge < -0.3 is 16.0 Å². The van der Waals surface area contributed by atoms with E-state index in [-0.39, 0.29) is 12.1 Å². The molecule has 1 saturated heterocycles. The third-order valence-corrected chi connectivity index (χ3v) is 3.49. The molecule has 1 aliphatic heterocycles. The molecule has 82 valence electrons. The molecule has 3 N–H and O–H groups in total. The summed E-state index contributed by atoms with van der Waals surface area (Å²) in [6, 6.07) is 4.26. The van der Waals surface area contributed by atoms with Crippen molar-refractivity contribution in [1.82, 2.24) is 10.2 Å². The van der Waals surface area contributed by atoms with Crippen molar-refractivity contribution in [2.45, 2.75) is 12.5 Å². The molecule has 0 aromatic carbocycles. The lowest BCUT2D eigenvalue weighted by atomic mass is 10.2. The number of nitrogens with one attached hydrogen (secondary N) is 1. The summed E-state index contributed by atoms with van der Waals surface area (Å²) in [6.45, 7) is 2.15. The van der Waals surface area contributed by atoms with Crippen LogP contribution in [0.4, 0.5) is 4.79 Å². The van der Waals surface area contributed by atoms with Gasteiger partial charge in [-0.2, -0.15) is 0 Å². The van der Waals surface area contributed by atoms with E-state index in [9.17, 15) is 4.79 Å². The molecule has 1 unspecified atom stereocenters. The maximum absolute atomic E-state index is 11.6. The number of carbonyl (C=O) groups excluding carboxylic acids is 1. The normalized spacial score (nSPS) is 20.7. The Morgan fingerprint density at radius 3 is 3.20 bits per heavy atom. The zero-order valence-electron chi connectivity index (χ0n) is 8.48. The predicted octanol–water partition coefficient (Wildman–Crippen LogP) is 1.16. The second-order valence-corrected chi connectivity index (χ2v) is 4.59. The van der Waals surface area contributed by atoms with Crippen molar-refractivity contribution in [3.05, 3.63) is 22.4 Å². The van der Waals surface area contributed by atoms with Gasteiger partial charge in [-0.05, 0) is 24.4 Å². The van der Waals surface area contributed by atoms with Gasteiger partial charge in [0.15, 0.2) is 0 Å². The van der Waals surface area contributed by atoms with Crippen molar-refractivity contribution in [1.29, 1.82) is 0 Å². The standard InChI is InChI=1S/C10H15N3OS/c11-4-2-5-13-7-8(12-10(13)14)9-3-1-6-15-9/h1,3,6,8H,2,4-5,7,11H2,(H,12,14). The highest BCUT2D eigenvalue weighted by Gasteiger charge is 2.29. The molecule has 5 heteroatoms. The van der Waals surface area contributed by atoms with Gasteiger partial charge in [0.25, 0.3) is 0 Å². The van der Waals surface area contributed by atoms with Crippen LogP contribution >= 0.6 is 11.3 Å². The number of urea groups is 1. The number of amides is 2. The summed E-state index contributed by atoms with van der Waals surface area (Å²) in [6.07, 6.45) is 0.866. The Labute approximate surface area is 93.1 Å². The van der Waals surface area contributed by atoms with Crippen molar-refractivity contribution in [3.8, 4) is 0 Å². The Balaban J connectivity index is 1.95. The van der Waals surface area contributed by atoms with Crippen LogP contribution in [0.2, 0.25) is 0 Å². The van der Waals surface area contributed by atoms with Crippen LogP contribution in [0.5, 0.6) is 0 Å². The van der Waals surface area contributed by atoms with E-state index in [1.807, 2.05) is 16.3 Å². The molecule has 1 aliphatic rings. The molecule has 1 aromatic rings. The van der Waals surface area contributed by atoms with E-state index in [1.54, 1.807) is 11.3 Å². The molecule has 15 heavy (non-hydrogen) atoms. The van der Waals surface area contributed by atoms with E-state index in [2.05, 4.69) is 11.4 Å². The van der Waals surface area contributed by atoms with Crippen molar-refractivity contribution in [3.63, 3.8) is 0 Å². The van der Waals surface area contributed by atoms with Crippen LogP contribution in [0.1, 0.15) is 17.3 Å². The topological polar surface area (TPSA) is 58.4 Å². The van der Waals surface area contributed by atoms with Crippen LogP contribution in [0.25, 0.3) is 0 Å². The lowest BCUT2D eigenvalue weighted by Crippen LogP contribution is -2.30. The highest BCUT2D eigenvalue weighted by molar-refractivity contribution is 7.10. The number of rotatable bonds is 4. The molecule has 1 fully saturated rings. The summed E-state index contributed by atoms with van der Waals surface area (Å²) in [5.74, 6) is 0. The first-order valence-corrected chi connectivity index (χ1v) is 5.98. The number of nitrogens with zero attached hydrogens (tertiary/aromatic N) is 1. The first-order chi connectivity index (χ1) is 7.31. The zero-order valence-corrected chi connectivity index (χ0v) is 9.30. The van der Waals surface area contributed by atoms with E-state index in [1.165, 1.54) is 4.88 Å². The summed E-state index contributed by atoms with van der Waals surface area (Å²) >= 11 is 1.68. The fourth-order valence-corrected chi connectivity index (χ4v) is 2.48. The van der Waals surface area contributed by atoms with Gasteiger partial charge in [0.05, 0.1) is 6.04 Å².